The number of rotatable bonds is 8. The molecule has 0 fully saturated rings. The number of alkyl halides is 3. The Kier molecular flexibility index (Phi) is 6.88. The van der Waals surface area contributed by atoms with Gasteiger partial charge in [0.1, 0.15) is 5.56 Å². The van der Waals surface area contributed by atoms with Gasteiger partial charge in [-0.3, -0.25) is 9.48 Å². The van der Waals surface area contributed by atoms with Gasteiger partial charge in [0.2, 0.25) is 11.8 Å². The van der Waals surface area contributed by atoms with E-state index < -0.39 is 11.7 Å². The summed E-state index contributed by atoms with van der Waals surface area (Å²) >= 11 is 1.16. The van der Waals surface area contributed by atoms with E-state index in [0.29, 0.717) is 35.6 Å². The number of nitrogens with zero attached hydrogens (tertiary/aromatic N) is 5. The summed E-state index contributed by atoms with van der Waals surface area (Å²) in [7, 11) is 1.77. The Bertz CT molecular complexity index is 1050. The lowest BCUT2D eigenvalue weighted by Crippen LogP contribution is -2.14. The van der Waals surface area contributed by atoms with Gasteiger partial charge in [0.15, 0.2) is 11.0 Å². The van der Waals surface area contributed by atoms with E-state index in [1.54, 1.807) is 16.3 Å². The molecule has 0 bridgehead atoms. The zero-order chi connectivity index (χ0) is 22.6. The molecule has 8 nitrogen and oxygen atoms in total. The summed E-state index contributed by atoms with van der Waals surface area (Å²) in [5.74, 6) is 0.646. The van der Waals surface area contributed by atoms with Crippen LogP contribution in [0.2, 0.25) is 0 Å². The Balaban J connectivity index is 1.65. The summed E-state index contributed by atoms with van der Waals surface area (Å²) in [5, 5.41) is 15.7. The quantitative estimate of drug-likeness (QED) is 0.521. The Hall–Kier alpha value is -3.02. The van der Waals surface area contributed by atoms with E-state index >= 15 is 0 Å². The first-order valence-electron chi connectivity index (χ1n) is 9.42. The topological polar surface area (TPSA) is 86.9 Å². The molecule has 12 heteroatoms. The highest BCUT2D eigenvalue weighted by Gasteiger charge is 2.30. The fourth-order valence-electron chi connectivity index (χ4n) is 2.71. The standard InChI is InChI=1S/C19H21F3N6O2S/c1-4-28-10-14(17(26-28)30-5-2)16-24-25-18(27(16)3)31-11-15(29)23-13-8-6-12(7-9-13)19(20,21)22/h6-10H,4-5,11H2,1-3H3,(H,23,29). The van der Waals surface area contributed by atoms with Gasteiger partial charge in [-0.2, -0.15) is 13.2 Å². The lowest BCUT2D eigenvalue weighted by atomic mass is 10.2. The maximum absolute atomic E-state index is 12.6. The summed E-state index contributed by atoms with van der Waals surface area (Å²) < 4.78 is 46.9. The van der Waals surface area contributed by atoms with Crippen molar-refractivity contribution >= 4 is 23.4 Å². The molecule has 0 aliphatic heterocycles. The number of thioether (sulfide) groups is 1. The maximum atomic E-state index is 12.6. The largest absolute Gasteiger partial charge is 0.476 e. The average Bonchev–Trinajstić information content (AvgIpc) is 3.29. The van der Waals surface area contributed by atoms with Crippen LogP contribution in [0.3, 0.4) is 0 Å². The number of nitrogens with one attached hydrogen (secondary N) is 1. The van der Waals surface area contributed by atoms with Gasteiger partial charge in [-0.1, -0.05) is 11.8 Å². The van der Waals surface area contributed by atoms with E-state index in [-0.39, 0.29) is 17.3 Å². The first-order valence-corrected chi connectivity index (χ1v) is 10.4. The van der Waals surface area contributed by atoms with Crippen molar-refractivity contribution in [3.8, 4) is 17.3 Å². The fraction of sp³-hybridized carbons (Fsp3) is 0.368. The third-order valence-corrected chi connectivity index (χ3v) is 5.26. The number of carbonyl (C=O) groups excluding carboxylic acids is 1. The van der Waals surface area contributed by atoms with Crippen molar-refractivity contribution in [2.75, 3.05) is 17.7 Å². The van der Waals surface area contributed by atoms with E-state index in [4.69, 9.17) is 4.74 Å². The van der Waals surface area contributed by atoms with Crippen LogP contribution in [0.4, 0.5) is 18.9 Å². The lowest BCUT2D eigenvalue weighted by molar-refractivity contribution is -0.137. The number of hydrogen-bond donors (Lipinski definition) is 1. The van der Waals surface area contributed by atoms with Crippen molar-refractivity contribution in [3.05, 3.63) is 36.0 Å². The molecule has 0 saturated carbocycles. The predicted molar refractivity (Wildman–Crippen MR) is 110 cm³/mol. The second kappa shape index (κ2) is 9.41. The highest BCUT2D eigenvalue weighted by molar-refractivity contribution is 7.99. The van der Waals surface area contributed by atoms with Crippen LogP contribution >= 0.6 is 11.8 Å². The second-order valence-electron chi connectivity index (χ2n) is 6.41. The molecule has 0 saturated heterocycles. The van der Waals surface area contributed by atoms with E-state index in [1.165, 1.54) is 12.1 Å². The lowest BCUT2D eigenvalue weighted by Gasteiger charge is -2.08. The van der Waals surface area contributed by atoms with Gasteiger partial charge in [0, 0.05) is 25.5 Å². The molecule has 2 aromatic heterocycles. The fourth-order valence-corrected chi connectivity index (χ4v) is 3.42. The number of hydrogen-bond acceptors (Lipinski definition) is 6. The van der Waals surface area contributed by atoms with Crippen molar-refractivity contribution in [1.82, 2.24) is 24.5 Å². The highest BCUT2D eigenvalue weighted by Crippen LogP contribution is 2.31. The van der Waals surface area contributed by atoms with Crippen LogP contribution in [0.1, 0.15) is 19.4 Å². The van der Waals surface area contributed by atoms with E-state index in [2.05, 4.69) is 20.6 Å². The molecular weight excluding hydrogens is 433 g/mol. The molecule has 0 spiro atoms. The zero-order valence-electron chi connectivity index (χ0n) is 17.1. The molecule has 3 aromatic rings. The van der Waals surface area contributed by atoms with Gasteiger partial charge >= 0.3 is 6.18 Å². The second-order valence-corrected chi connectivity index (χ2v) is 7.36. The van der Waals surface area contributed by atoms with Gasteiger partial charge < -0.3 is 14.6 Å². The molecule has 1 amide bonds. The summed E-state index contributed by atoms with van der Waals surface area (Å²) in [4.78, 5) is 12.2. The molecule has 0 atom stereocenters. The highest BCUT2D eigenvalue weighted by atomic mass is 32.2. The number of ether oxygens (including phenoxy) is 1. The Morgan fingerprint density at radius 3 is 2.52 bits per heavy atom. The molecule has 0 radical (unpaired) electrons. The number of aromatic nitrogens is 5. The molecule has 1 N–H and O–H groups in total. The number of benzene rings is 1. The van der Waals surface area contributed by atoms with Gasteiger partial charge in [-0.25, -0.2) is 0 Å². The smallest absolute Gasteiger partial charge is 0.416 e. The van der Waals surface area contributed by atoms with Crippen molar-refractivity contribution in [3.63, 3.8) is 0 Å². The van der Waals surface area contributed by atoms with Crippen LogP contribution in [-0.2, 0) is 24.6 Å². The average molecular weight is 454 g/mol. The molecule has 0 unspecified atom stereocenters. The monoisotopic (exact) mass is 454 g/mol. The molecule has 166 valence electrons. The van der Waals surface area contributed by atoms with Crippen molar-refractivity contribution < 1.29 is 22.7 Å². The van der Waals surface area contributed by atoms with Gasteiger partial charge in [0.25, 0.3) is 0 Å². The van der Waals surface area contributed by atoms with E-state index in [9.17, 15) is 18.0 Å². The Labute approximate surface area is 180 Å². The van der Waals surface area contributed by atoms with Gasteiger partial charge in [-0.15, -0.1) is 15.3 Å². The van der Waals surface area contributed by atoms with Crippen molar-refractivity contribution in [1.29, 1.82) is 0 Å². The molecule has 2 heterocycles. The predicted octanol–water partition coefficient (Wildman–Crippen LogP) is 3.85. The number of anilines is 1. The van der Waals surface area contributed by atoms with Crippen LogP contribution in [-0.4, -0.2) is 42.8 Å². The first kappa shape index (κ1) is 22.7. The molecule has 3 rings (SSSR count). The van der Waals surface area contributed by atoms with Gasteiger partial charge in [-0.05, 0) is 38.1 Å². The minimum atomic E-state index is -4.42. The van der Waals surface area contributed by atoms with Crippen molar-refractivity contribution in [2.24, 2.45) is 7.05 Å². The summed E-state index contributed by atoms with van der Waals surface area (Å²) in [6.07, 6.45) is -2.60. The molecule has 31 heavy (non-hydrogen) atoms. The number of aryl methyl sites for hydroxylation is 1. The number of carbonyl (C=O) groups is 1. The van der Waals surface area contributed by atoms with Crippen molar-refractivity contribution in [2.45, 2.75) is 31.7 Å². The molecule has 1 aromatic carbocycles. The van der Waals surface area contributed by atoms with Crippen LogP contribution < -0.4 is 10.1 Å². The first-order chi connectivity index (χ1) is 14.7. The normalized spacial score (nSPS) is 11.5. The van der Waals surface area contributed by atoms with Crippen LogP contribution in [0.15, 0.2) is 35.6 Å². The van der Waals surface area contributed by atoms with Crippen LogP contribution in [0, 0.1) is 0 Å². The molecular formula is C19H21F3N6O2S. The number of amides is 1. The van der Waals surface area contributed by atoms with E-state index in [1.807, 2.05) is 20.0 Å². The van der Waals surface area contributed by atoms with Gasteiger partial charge in [0.05, 0.1) is 17.9 Å². The number of halogens is 3. The third-order valence-electron chi connectivity index (χ3n) is 4.24. The minimum Gasteiger partial charge on any atom is -0.476 e. The molecule has 0 aliphatic rings. The Morgan fingerprint density at radius 2 is 1.90 bits per heavy atom. The summed E-state index contributed by atoms with van der Waals surface area (Å²) in [6, 6.07) is 4.27. The van der Waals surface area contributed by atoms with Crippen LogP contribution in [0.25, 0.3) is 11.4 Å². The SMILES string of the molecule is CCOc1nn(CC)cc1-c1nnc(SCC(=O)Nc2ccc(C(F)(F)F)cc2)n1C. The summed E-state index contributed by atoms with van der Waals surface area (Å²) in [6.45, 7) is 4.95. The summed E-state index contributed by atoms with van der Waals surface area (Å²) in [5.41, 5.74) is 0.203. The molecule has 0 aliphatic carbocycles. The Morgan fingerprint density at radius 1 is 1.19 bits per heavy atom. The maximum Gasteiger partial charge on any atom is 0.416 e. The van der Waals surface area contributed by atoms with E-state index in [0.717, 1.165) is 23.9 Å². The third kappa shape index (κ3) is 5.37. The minimum absolute atomic E-state index is 0.0134. The zero-order valence-corrected chi connectivity index (χ0v) is 17.9. The van der Waals surface area contributed by atoms with Crippen LogP contribution in [0.5, 0.6) is 5.88 Å².